The van der Waals surface area contributed by atoms with Crippen molar-refractivity contribution in [1.82, 2.24) is 0 Å². The van der Waals surface area contributed by atoms with Crippen LogP contribution in [0.1, 0.15) is 32.6 Å². The molecule has 0 spiro atoms. The number of ketones is 1. The van der Waals surface area contributed by atoms with Crippen LogP contribution in [0.3, 0.4) is 0 Å². The molecular formula is C15H19NO3. The van der Waals surface area contributed by atoms with Gasteiger partial charge in [-0.05, 0) is 25.0 Å². The van der Waals surface area contributed by atoms with Gasteiger partial charge in [-0.25, -0.2) is 0 Å². The molecule has 1 aromatic carbocycles. The van der Waals surface area contributed by atoms with Gasteiger partial charge in [0.2, 0.25) is 5.91 Å². The van der Waals surface area contributed by atoms with Crippen molar-refractivity contribution < 1.29 is 14.3 Å². The molecule has 0 saturated heterocycles. The van der Waals surface area contributed by atoms with Gasteiger partial charge in [-0.3, -0.25) is 9.59 Å². The Morgan fingerprint density at radius 2 is 2.05 bits per heavy atom. The number of ether oxygens (including phenoxy) is 1. The molecule has 0 atom stereocenters. The minimum atomic E-state index is -0.126. The zero-order valence-electron chi connectivity index (χ0n) is 11.1. The molecule has 19 heavy (non-hydrogen) atoms. The number of Topliss-reactive ketones (excluding diaryl/α,β-unsaturated/α-hetero) is 1. The summed E-state index contributed by atoms with van der Waals surface area (Å²) in [5, 5.41) is 2.68. The normalized spacial score (nSPS) is 15.2. The van der Waals surface area contributed by atoms with Crippen LogP contribution in [0, 0.1) is 5.92 Å². The number of carbonyl (C=O) groups excluding carboxylic acids is 2. The summed E-state index contributed by atoms with van der Waals surface area (Å²) >= 11 is 0. The molecule has 0 aliphatic heterocycles. The largest absolute Gasteiger partial charge is 0.486 e. The van der Waals surface area contributed by atoms with Crippen LogP contribution < -0.4 is 10.1 Å². The summed E-state index contributed by atoms with van der Waals surface area (Å²) in [6.07, 6.45) is 4.28. The summed E-state index contributed by atoms with van der Waals surface area (Å²) in [5.74, 6) is 0.845. The van der Waals surface area contributed by atoms with Gasteiger partial charge in [-0.2, -0.15) is 0 Å². The highest BCUT2D eigenvalue weighted by atomic mass is 16.5. The second-order valence-electron chi connectivity index (χ2n) is 4.95. The first-order chi connectivity index (χ1) is 9.15. The van der Waals surface area contributed by atoms with Gasteiger partial charge in [0, 0.05) is 24.6 Å². The third-order valence-corrected chi connectivity index (χ3v) is 3.35. The maximum atomic E-state index is 11.9. The number of amides is 1. The van der Waals surface area contributed by atoms with E-state index in [0.717, 1.165) is 25.7 Å². The Morgan fingerprint density at radius 1 is 1.32 bits per heavy atom. The van der Waals surface area contributed by atoms with Crippen molar-refractivity contribution in [3.05, 3.63) is 24.3 Å². The first-order valence-corrected chi connectivity index (χ1v) is 6.68. The van der Waals surface area contributed by atoms with Gasteiger partial charge >= 0.3 is 0 Å². The number of anilines is 1. The van der Waals surface area contributed by atoms with E-state index in [1.807, 2.05) is 0 Å². The minimum absolute atomic E-state index is 0.119. The average molecular weight is 261 g/mol. The predicted molar refractivity (Wildman–Crippen MR) is 73.2 cm³/mol. The number of hydrogen-bond acceptors (Lipinski definition) is 3. The fraction of sp³-hybridized carbons (Fsp3) is 0.467. The molecule has 1 fully saturated rings. The van der Waals surface area contributed by atoms with E-state index in [1.165, 1.54) is 6.92 Å². The molecule has 2 rings (SSSR count). The molecule has 1 saturated carbocycles. The fourth-order valence-corrected chi connectivity index (χ4v) is 2.39. The van der Waals surface area contributed by atoms with Gasteiger partial charge in [0.1, 0.15) is 12.4 Å². The second kappa shape index (κ2) is 6.36. The summed E-state index contributed by atoms with van der Waals surface area (Å²) in [6, 6.07) is 7.09. The zero-order chi connectivity index (χ0) is 13.7. The van der Waals surface area contributed by atoms with Crippen molar-refractivity contribution in [1.29, 1.82) is 0 Å². The SMILES string of the molecule is CC(=O)Nc1cccc(OCC(=O)C2CCCC2)c1. The highest BCUT2D eigenvalue weighted by Crippen LogP contribution is 2.26. The molecule has 0 heterocycles. The molecule has 0 aromatic heterocycles. The van der Waals surface area contributed by atoms with E-state index in [-0.39, 0.29) is 24.2 Å². The van der Waals surface area contributed by atoms with Crippen molar-refractivity contribution in [2.75, 3.05) is 11.9 Å². The molecule has 4 heteroatoms. The summed E-state index contributed by atoms with van der Waals surface area (Å²) in [5.41, 5.74) is 0.679. The molecule has 1 aromatic rings. The van der Waals surface area contributed by atoms with Crippen LogP contribution in [-0.4, -0.2) is 18.3 Å². The summed E-state index contributed by atoms with van der Waals surface area (Å²) in [7, 11) is 0. The van der Waals surface area contributed by atoms with Gasteiger partial charge in [-0.15, -0.1) is 0 Å². The standard InChI is InChI=1S/C15H19NO3/c1-11(17)16-13-7-4-8-14(9-13)19-10-15(18)12-5-2-3-6-12/h4,7-9,12H,2-3,5-6,10H2,1H3,(H,16,17). The summed E-state index contributed by atoms with van der Waals surface area (Å²) in [6.45, 7) is 1.57. The fourth-order valence-electron chi connectivity index (χ4n) is 2.39. The Balaban J connectivity index is 1.88. The highest BCUT2D eigenvalue weighted by Gasteiger charge is 2.22. The molecule has 0 bridgehead atoms. The smallest absolute Gasteiger partial charge is 0.221 e. The molecule has 0 unspecified atom stereocenters. The Morgan fingerprint density at radius 3 is 2.74 bits per heavy atom. The predicted octanol–water partition coefficient (Wildman–Crippen LogP) is 2.78. The number of hydrogen-bond donors (Lipinski definition) is 1. The lowest BCUT2D eigenvalue weighted by Gasteiger charge is -2.10. The van der Waals surface area contributed by atoms with Crippen LogP contribution in [0.2, 0.25) is 0 Å². The Kier molecular flexibility index (Phi) is 4.55. The van der Waals surface area contributed by atoms with Crippen LogP contribution in [-0.2, 0) is 9.59 Å². The first-order valence-electron chi connectivity index (χ1n) is 6.68. The highest BCUT2D eigenvalue weighted by molar-refractivity contribution is 5.88. The van der Waals surface area contributed by atoms with Crippen molar-refractivity contribution in [3.8, 4) is 5.75 Å². The third kappa shape index (κ3) is 4.09. The summed E-state index contributed by atoms with van der Waals surface area (Å²) < 4.78 is 5.50. The lowest BCUT2D eigenvalue weighted by atomic mass is 10.0. The monoisotopic (exact) mass is 261 g/mol. The van der Waals surface area contributed by atoms with Gasteiger partial charge in [0.05, 0.1) is 0 Å². The quantitative estimate of drug-likeness (QED) is 0.886. The van der Waals surface area contributed by atoms with Crippen LogP contribution >= 0.6 is 0 Å². The molecule has 0 radical (unpaired) electrons. The van der Waals surface area contributed by atoms with E-state index < -0.39 is 0 Å². The van der Waals surface area contributed by atoms with Crippen LogP contribution in [0.15, 0.2) is 24.3 Å². The molecule has 1 aliphatic carbocycles. The van der Waals surface area contributed by atoms with Crippen molar-refractivity contribution >= 4 is 17.4 Å². The van der Waals surface area contributed by atoms with Crippen molar-refractivity contribution in [2.24, 2.45) is 5.92 Å². The maximum absolute atomic E-state index is 11.9. The van der Waals surface area contributed by atoms with E-state index >= 15 is 0 Å². The van der Waals surface area contributed by atoms with Gasteiger partial charge in [-0.1, -0.05) is 18.9 Å². The second-order valence-corrected chi connectivity index (χ2v) is 4.95. The van der Waals surface area contributed by atoms with Gasteiger partial charge in [0.25, 0.3) is 0 Å². The Hall–Kier alpha value is -1.84. The number of benzene rings is 1. The number of carbonyl (C=O) groups is 2. The Labute approximate surface area is 113 Å². The van der Waals surface area contributed by atoms with Crippen LogP contribution in [0.4, 0.5) is 5.69 Å². The lowest BCUT2D eigenvalue weighted by Crippen LogP contribution is -2.19. The molecule has 1 N–H and O–H groups in total. The number of rotatable bonds is 5. The van der Waals surface area contributed by atoms with E-state index in [4.69, 9.17) is 4.74 Å². The van der Waals surface area contributed by atoms with Gasteiger partial charge in [0.15, 0.2) is 5.78 Å². The first kappa shape index (κ1) is 13.6. The topological polar surface area (TPSA) is 55.4 Å². The zero-order valence-corrected chi connectivity index (χ0v) is 11.1. The van der Waals surface area contributed by atoms with Crippen LogP contribution in [0.5, 0.6) is 5.75 Å². The van der Waals surface area contributed by atoms with Crippen molar-refractivity contribution in [2.45, 2.75) is 32.6 Å². The van der Waals surface area contributed by atoms with Gasteiger partial charge < -0.3 is 10.1 Å². The summed E-state index contributed by atoms with van der Waals surface area (Å²) in [4.78, 5) is 22.8. The van der Waals surface area contributed by atoms with E-state index in [2.05, 4.69) is 5.32 Å². The maximum Gasteiger partial charge on any atom is 0.221 e. The molecule has 1 aliphatic rings. The van der Waals surface area contributed by atoms with E-state index in [1.54, 1.807) is 24.3 Å². The molecule has 102 valence electrons. The molecule has 4 nitrogen and oxygen atoms in total. The van der Waals surface area contributed by atoms with E-state index in [0.29, 0.717) is 11.4 Å². The van der Waals surface area contributed by atoms with E-state index in [9.17, 15) is 9.59 Å². The third-order valence-electron chi connectivity index (χ3n) is 3.35. The Bertz CT molecular complexity index is 464. The minimum Gasteiger partial charge on any atom is -0.486 e. The molecular weight excluding hydrogens is 242 g/mol. The lowest BCUT2D eigenvalue weighted by molar-refractivity contribution is -0.124. The molecule has 1 amide bonds. The number of nitrogens with one attached hydrogen (secondary N) is 1. The van der Waals surface area contributed by atoms with Crippen LogP contribution in [0.25, 0.3) is 0 Å². The average Bonchev–Trinajstić information content (AvgIpc) is 2.89. The van der Waals surface area contributed by atoms with Crippen molar-refractivity contribution in [3.63, 3.8) is 0 Å².